The highest BCUT2D eigenvalue weighted by Crippen LogP contribution is 2.39. The van der Waals surface area contributed by atoms with Gasteiger partial charge in [0.05, 0.1) is 0 Å². The smallest absolute Gasteiger partial charge is 0.124 e. The van der Waals surface area contributed by atoms with Gasteiger partial charge < -0.3 is 15.3 Å². The van der Waals surface area contributed by atoms with Crippen molar-refractivity contribution >= 4 is 10.8 Å². The topological polar surface area (TPSA) is 60.7 Å². The van der Waals surface area contributed by atoms with Gasteiger partial charge >= 0.3 is 0 Å². The van der Waals surface area contributed by atoms with E-state index >= 15 is 0 Å². The summed E-state index contributed by atoms with van der Waals surface area (Å²) in [7, 11) is 0. The highest BCUT2D eigenvalue weighted by atomic mass is 16.3. The Morgan fingerprint density at radius 2 is 1.48 bits per heavy atom. The molecule has 0 aromatic heterocycles. The van der Waals surface area contributed by atoms with Crippen molar-refractivity contribution in [3.8, 4) is 28.4 Å². The van der Waals surface area contributed by atoms with Gasteiger partial charge in [0, 0.05) is 11.1 Å². The Balaban J connectivity index is 1.93. The maximum Gasteiger partial charge on any atom is 0.124 e. The quantitative estimate of drug-likeness (QED) is 0.397. The first-order valence-electron chi connectivity index (χ1n) is 8.86. The molecule has 3 nitrogen and oxygen atoms in total. The van der Waals surface area contributed by atoms with E-state index < -0.39 is 0 Å². The van der Waals surface area contributed by atoms with Crippen molar-refractivity contribution in [2.24, 2.45) is 0 Å². The molecule has 0 amide bonds. The summed E-state index contributed by atoms with van der Waals surface area (Å²) in [5.74, 6) is 0.172. The molecular weight excluding hydrogens is 312 g/mol. The highest BCUT2D eigenvalue weighted by Gasteiger charge is 2.12. The second kappa shape index (κ2) is 7.47. The number of hydrogen-bond acceptors (Lipinski definition) is 3. The molecule has 0 atom stereocenters. The van der Waals surface area contributed by atoms with Gasteiger partial charge in [-0.05, 0) is 59.5 Å². The van der Waals surface area contributed by atoms with Crippen LogP contribution in [0.2, 0.25) is 0 Å². The minimum atomic E-state index is 0.0278. The zero-order valence-corrected chi connectivity index (χ0v) is 14.5. The van der Waals surface area contributed by atoms with Crippen LogP contribution in [0.1, 0.15) is 38.2 Å². The number of hydrogen-bond donors (Lipinski definition) is 3. The molecule has 0 radical (unpaired) electrons. The lowest BCUT2D eigenvalue weighted by Crippen LogP contribution is -1.87. The number of unbranched alkanes of at least 4 members (excludes halogenated alkanes) is 3. The normalized spacial score (nSPS) is 11.1. The molecule has 0 aliphatic heterocycles. The Morgan fingerprint density at radius 3 is 2.28 bits per heavy atom. The molecule has 3 N–H and O–H groups in total. The number of phenols is 3. The Kier molecular flexibility index (Phi) is 5.13. The number of phenolic OH excluding ortho intramolecular Hbond substituents is 3. The molecule has 3 aromatic carbocycles. The van der Waals surface area contributed by atoms with Crippen molar-refractivity contribution in [1.29, 1.82) is 0 Å². The molecule has 3 aromatic rings. The van der Waals surface area contributed by atoms with Crippen LogP contribution in [0.4, 0.5) is 0 Å². The molecule has 0 heterocycles. The lowest BCUT2D eigenvalue weighted by molar-refractivity contribution is 0.459. The van der Waals surface area contributed by atoms with E-state index in [0.717, 1.165) is 17.2 Å². The molecule has 0 bridgehead atoms. The standard InChI is InChI=1S/C22H24O3/c1-2-3-4-5-6-15-7-8-16-12-19(22(25)13-17(16)11-15)20-14-18(23)9-10-21(20)24/h7-14,23-25H,2-6H2,1H3. The molecule has 0 saturated heterocycles. The minimum absolute atomic E-state index is 0.0278. The second-order valence-corrected chi connectivity index (χ2v) is 6.56. The summed E-state index contributed by atoms with van der Waals surface area (Å²) in [5.41, 5.74) is 2.20. The van der Waals surface area contributed by atoms with Gasteiger partial charge in [0.25, 0.3) is 0 Å². The second-order valence-electron chi connectivity index (χ2n) is 6.56. The summed E-state index contributed by atoms with van der Waals surface area (Å²) < 4.78 is 0. The van der Waals surface area contributed by atoms with Gasteiger partial charge in [-0.3, -0.25) is 0 Å². The van der Waals surface area contributed by atoms with Gasteiger partial charge in [-0.1, -0.05) is 44.4 Å². The van der Waals surface area contributed by atoms with E-state index in [1.54, 1.807) is 6.07 Å². The third kappa shape index (κ3) is 3.87. The van der Waals surface area contributed by atoms with Gasteiger partial charge in [-0.2, -0.15) is 0 Å². The van der Waals surface area contributed by atoms with Crippen LogP contribution < -0.4 is 0 Å². The predicted octanol–water partition coefficient (Wildman–Crippen LogP) is 5.75. The van der Waals surface area contributed by atoms with Crippen molar-refractivity contribution in [1.82, 2.24) is 0 Å². The largest absolute Gasteiger partial charge is 0.508 e. The fourth-order valence-electron chi connectivity index (χ4n) is 3.20. The van der Waals surface area contributed by atoms with Crippen LogP contribution in [-0.4, -0.2) is 15.3 Å². The Hall–Kier alpha value is -2.68. The van der Waals surface area contributed by atoms with E-state index in [9.17, 15) is 15.3 Å². The van der Waals surface area contributed by atoms with Gasteiger partial charge in [0.1, 0.15) is 17.2 Å². The van der Waals surface area contributed by atoms with Crippen molar-refractivity contribution in [3.63, 3.8) is 0 Å². The Bertz CT molecular complexity index is 884. The molecule has 3 heteroatoms. The molecule has 0 fully saturated rings. The number of aromatic hydroxyl groups is 3. The van der Waals surface area contributed by atoms with Crippen LogP contribution in [0.5, 0.6) is 17.2 Å². The van der Waals surface area contributed by atoms with Gasteiger partial charge in [0.15, 0.2) is 0 Å². The number of rotatable bonds is 6. The van der Waals surface area contributed by atoms with Crippen LogP contribution >= 0.6 is 0 Å². The molecule has 0 aliphatic carbocycles. The molecule has 0 saturated carbocycles. The van der Waals surface area contributed by atoms with Gasteiger partial charge in [-0.25, -0.2) is 0 Å². The molecule has 0 aliphatic rings. The average molecular weight is 336 g/mol. The zero-order chi connectivity index (χ0) is 17.8. The van der Waals surface area contributed by atoms with Crippen LogP contribution in [0.3, 0.4) is 0 Å². The average Bonchev–Trinajstić information content (AvgIpc) is 2.60. The minimum Gasteiger partial charge on any atom is -0.508 e. The molecular formula is C22H24O3. The Morgan fingerprint density at radius 1 is 0.680 bits per heavy atom. The van der Waals surface area contributed by atoms with Crippen molar-refractivity contribution in [3.05, 3.63) is 54.1 Å². The summed E-state index contributed by atoms with van der Waals surface area (Å²) in [6.07, 6.45) is 5.98. The summed E-state index contributed by atoms with van der Waals surface area (Å²) in [4.78, 5) is 0. The molecule has 130 valence electrons. The van der Waals surface area contributed by atoms with Crippen LogP contribution in [0.25, 0.3) is 21.9 Å². The number of fused-ring (bicyclic) bond motifs is 1. The summed E-state index contributed by atoms with van der Waals surface area (Å²) in [6.45, 7) is 2.21. The van der Waals surface area contributed by atoms with Gasteiger partial charge in [-0.15, -0.1) is 0 Å². The molecule has 0 spiro atoms. The van der Waals surface area contributed by atoms with Crippen molar-refractivity contribution in [2.45, 2.75) is 39.0 Å². The summed E-state index contributed by atoms with van der Waals surface area (Å²) >= 11 is 0. The fraction of sp³-hybridized carbons (Fsp3) is 0.273. The first-order valence-corrected chi connectivity index (χ1v) is 8.86. The van der Waals surface area contributed by atoms with Crippen LogP contribution in [0.15, 0.2) is 48.5 Å². The molecule has 3 rings (SSSR count). The van der Waals surface area contributed by atoms with Crippen molar-refractivity contribution < 1.29 is 15.3 Å². The molecule has 25 heavy (non-hydrogen) atoms. The Labute approximate surface area is 148 Å². The maximum absolute atomic E-state index is 10.4. The van der Waals surface area contributed by atoms with Crippen LogP contribution in [0, 0.1) is 0 Å². The van der Waals surface area contributed by atoms with E-state index in [1.807, 2.05) is 12.1 Å². The fourth-order valence-corrected chi connectivity index (χ4v) is 3.20. The zero-order valence-electron chi connectivity index (χ0n) is 14.5. The lowest BCUT2D eigenvalue weighted by atomic mass is 9.97. The first kappa shape index (κ1) is 17.2. The van der Waals surface area contributed by atoms with Crippen molar-refractivity contribution in [2.75, 3.05) is 0 Å². The highest BCUT2D eigenvalue weighted by molar-refractivity contribution is 5.92. The lowest BCUT2D eigenvalue weighted by Gasteiger charge is -2.11. The van der Waals surface area contributed by atoms with E-state index in [2.05, 4.69) is 19.1 Å². The van der Waals surface area contributed by atoms with E-state index in [4.69, 9.17) is 0 Å². The summed E-state index contributed by atoms with van der Waals surface area (Å²) in [6, 6.07) is 14.2. The predicted molar refractivity (Wildman–Crippen MR) is 102 cm³/mol. The molecule has 0 unspecified atom stereocenters. The van der Waals surface area contributed by atoms with Crippen LogP contribution in [-0.2, 0) is 6.42 Å². The summed E-state index contributed by atoms with van der Waals surface area (Å²) in [5, 5.41) is 32.1. The van der Waals surface area contributed by atoms with E-state index in [0.29, 0.717) is 11.1 Å². The monoisotopic (exact) mass is 336 g/mol. The van der Waals surface area contributed by atoms with E-state index in [1.165, 1.54) is 49.4 Å². The van der Waals surface area contributed by atoms with Gasteiger partial charge in [0.2, 0.25) is 0 Å². The number of benzene rings is 3. The van der Waals surface area contributed by atoms with E-state index in [-0.39, 0.29) is 17.2 Å². The maximum atomic E-state index is 10.4. The third-order valence-corrected chi connectivity index (χ3v) is 4.61. The first-order chi connectivity index (χ1) is 12.1. The third-order valence-electron chi connectivity index (χ3n) is 4.61. The number of aryl methyl sites for hydroxylation is 1. The SMILES string of the molecule is CCCCCCc1ccc2cc(-c3cc(O)ccc3O)c(O)cc2c1.